The first-order valence-corrected chi connectivity index (χ1v) is 21.2. The Labute approximate surface area is 364 Å². The lowest BCUT2D eigenvalue weighted by atomic mass is 9.94. The van der Waals surface area contributed by atoms with E-state index in [1.54, 1.807) is 0 Å². The number of pyridine rings is 1. The number of benzene rings is 9. The molecule has 3 aromatic heterocycles. The fourth-order valence-corrected chi connectivity index (χ4v) is 9.01. The number of rotatable bonds is 7. The molecule has 0 aliphatic heterocycles. The van der Waals surface area contributed by atoms with Gasteiger partial charge in [-0.05, 0) is 64.0 Å². The van der Waals surface area contributed by atoms with Crippen LogP contribution in [0.5, 0.6) is 0 Å². The molecule has 63 heavy (non-hydrogen) atoms. The minimum absolute atomic E-state index is 0.639. The Hall–Kier alpha value is -8.54. The van der Waals surface area contributed by atoms with Gasteiger partial charge in [0, 0.05) is 49.5 Å². The van der Waals surface area contributed by atoms with Crippen molar-refractivity contribution in [2.45, 2.75) is 0 Å². The zero-order valence-corrected chi connectivity index (χ0v) is 34.1. The summed E-state index contributed by atoms with van der Waals surface area (Å²) in [5.41, 5.74) is 13.9. The third-order valence-electron chi connectivity index (χ3n) is 12.0. The number of para-hydroxylation sites is 2. The molecule has 0 aliphatic carbocycles. The van der Waals surface area contributed by atoms with E-state index in [0.29, 0.717) is 17.5 Å². The first-order valence-electron chi connectivity index (χ1n) is 21.2. The molecule has 294 valence electrons. The Balaban J connectivity index is 0.972. The molecule has 0 fully saturated rings. The van der Waals surface area contributed by atoms with Gasteiger partial charge in [-0.3, -0.25) is 0 Å². The van der Waals surface area contributed by atoms with Crippen LogP contribution >= 0.6 is 0 Å². The predicted molar refractivity (Wildman–Crippen MR) is 260 cm³/mol. The van der Waals surface area contributed by atoms with E-state index in [-0.39, 0.29) is 0 Å². The normalized spacial score (nSPS) is 11.5. The predicted octanol–water partition coefficient (Wildman–Crippen LogP) is 14.7. The van der Waals surface area contributed by atoms with E-state index >= 15 is 0 Å². The summed E-state index contributed by atoms with van der Waals surface area (Å²) in [6, 6.07) is 78.8. The second-order valence-electron chi connectivity index (χ2n) is 15.8. The lowest BCUT2D eigenvalue weighted by Crippen LogP contribution is -2.00. The van der Waals surface area contributed by atoms with Gasteiger partial charge in [-0.2, -0.15) is 0 Å². The van der Waals surface area contributed by atoms with Crippen molar-refractivity contribution < 1.29 is 0 Å². The van der Waals surface area contributed by atoms with Crippen molar-refractivity contribution in [3.05, 3.63) is 224 Å². The Bertz CT molecular complexity index is 3570. The third kappa shape index (κ3) is 6.42. The van der Waals surface area contributed by atoms with Crippen LogP contribution in [0, 0.1) is 0 Å². The largest absolute Gasteiger partial charge is 0.309 e. The maximum atomic E-state index is 5.28. The van der Waals surface area contributed by atoms with Gasteiger partial charge in [0.25, 0.3) is 0 Å². The van der Waals surface area contributed by atoms with Gasteiger partial charge in [0.05, 0.1) is 22.2 Å². The summed E-state index contributed by atoms with van der Waals surface area (Å²) in [7, 11) is 0. The fraction of sp³-hybridized carbons (Fsp3) is 0. The smallest absolute Gasteiger partial charge is 0.164 e. The fourth-order valence-electron chi connectivity index (χ4n) is 9.01. The van der Waals surface area contributed by atoms with Gasteiger partial charge < -0.3 is 4.57 Å². The molecule has 12 rings (SSSR count). The Morgan fingerprint density at radius 2 is 0.778 bits per heavy atom. The van der Waals surface area contributed by atoms with Crippen LogP contribution < -0.4 is 0 Å². The van der Waals surface area contributed by atoms with Crippen LogP contribution in [-0.4, -0.2) is 24.5 Å². The van der Waals surface area contributed by atoms with E-state index in [1.807, 2.05) is 60.7 Å². The van der Waals surface area contributed by atoms with E-state index in [9.17, 15) is 0 Å². The molecule has 9 aromatic carbocycles. The highest BCUT2D eigenvalue weighted by Crippen LogP contribution is 2.43. The molecule has 0 unspecified atom stereocenters. The number of nitrogens with zero attached hydrogens (tertiary/aromatic N) is 5. The molecule has 0 atom stereocenters. The van der Waals surface area contributed by atoms with E-state index in [4.69, 9.17) is 19.9 Å². The van der Waals surface area contributed by atoms with Crippen molar-refractivity contribution in [1.29, 1.82) is 0 Å². The van der Waals surface area contributed by atoms with Gasteiger partial charge in [-0.1, -0.05) is 188 Å². The third-order valence-corrected chi connectivity index (χ3v) is 12.0. The van der Waals surface area contributed by atoms with Gasteiger partial charge in [0.2, 0.25) is 0 Å². The first kappa shape index (κ1) is 36.3. The molecule has 5 nitrogen and oxygen atoms in total. The second-order valence-corrected chi connectivity index (χ2v) is 15.8. The maximum absolute atomic E-state index is 5.28. The molecule has 0 saturated heterocycles. The molecule has 0 aliphatic rings. The van der Waals surface area contributed by atoms with Gasteiger partial charge in [0.1, 0.15) is 0 Å². The zero-order valence-electron chi connectivity index (χ0n) is 34.1. The van der Waals surface area contributed by atoms with Crippen LogP contribution in [0.25, 0.3) is 117 Å². The molecule has 0 bridgehead atoms. The highest BCUT2D eigenvalue weighted by Gasteiger charge is 2.20. The molecule has 0 N–H and O–H groups in total. The van der Waals surface area contributed by atoms with Crippen molar-refractivity contribution in [2.24, 2.45) is 0 Å². The second kappa shape index (κ2) is 15.2. The minimum Gasteiger partial charge on any atom is -0.309 e. The molecule has 0 amide bonds. The van der Waals surface area contributed by atoms with Gasteiger partial charge in [-0.25, -0.2) is 19.9 Å². The summed E-state index contributed by atoms with van der Waals surface area (Å²) >= 11 is 0. The van der Waals surface area contributed by atoms with Crippen LogP contribution in [0.2, 0.25) is 0 Å². The lowest BCUT2D eigenvalue weighted by Gasteiger charge is -2.12. The summed E-state index contributed by atoms with van der Waals surface area (Å²) in [4.78, 5) is 20.0. The number of hydrogen-bond acceptors (Lipinski definition) is 4. The molecule has 12 aromatic rings. The highest BCUT2D eigenvalue weighted by molar-refractivity contribution is 6.22. The van der Waals surface area contributed by atoms with E-state index < -0.39 is 0 Å². The van der Waals surface area contributed by atoms with Crippen LogP contribution in [0.1, 0.15) is 0 Å². The number of aromatic nitrogens is 5. The van der Waals surface area contributed by atoms with E-state index in [0.717, 1.165) is 77.6 Å². The van der Waals surface area contributed by atoms with Crippen LogP contribution in [0.4, 0.5) is 0 Å². The first-order chi connectivity index (χ1) is 31.2. The van der Waals surface area contributed by atoms with Gasteiger partial charge in [0.15, 0.2) is 17.5 Å². The Morgan fingerprint density at radius 3 is 1.38 bits per heavy atom. The average Bonchev–Trinajstić information content (AvgIpc) is 3.70. The van der Waals surface area contributed by atoms with Crippen molar-refractivity contribution in [1.82, 2.24) is 24.5 Å². The van der Waals surface area contributed by atoms with Gasteiger partial charge >= 0.3 is 0 Å². The quantitative estimate of drug-likeness (QED) is 0.151. The monoisotopic (exact) mass is 803 g/mol. The maximum Gasteiger partial charge on any atom is 0.164 e. The summed E-state index contributed by atoms with van der Waals surface area (Å²) < 4.78 is 2.42. The molecular weight excluding hydrogens is 767 g/mol. The van der Waals surface area contributed by atoms with E-state index in [1.165, 1.54) is 21.7 Å². The molecule has 0 spiro atoms. The summed E-state index contributed by atoms with van der Waals surface area (Å²) in [6.45, 7) is 0. The van der Waals surface area contributed by atoms with Gasteiger partial charge in [-0.15, -0.1) is 0 Å². The minimum atomic E-state index is 0.639. The SMILES string of the molecule is c1ccc(-c2nc(-c3ccccc3)nc(-c3ccc(-c4ccc(-c5cccc6c5c5cc7c(-c8ccccc8)nc8ccccc8c7cc5n6-c5ccccc5)cc4)cc3)n2)cc1. The summed E-state index contributed by atoms with van der Waals surface area (Å²) in [5, 5.41) is 5.87. The zero-order chi connectivity index (χ0) is 41.7. The van der Waals surface area contributed by atoms with Crippen molar-refractivity contribution in [2.75, 3.05) is 0 Å². The standard InChI is InChI=1S/C58H37N5/c1-5-16-41(17-6-1)55-49-36-50-53(37-48(49)47-24-13-14-26-51(47)59-55)63(45-22-11-4-12-23-45)52-27-15-25-46(54(50)52)40-32-28-38(29-33-40)39-30-34-44(35-31-39)58-61-56(42-18-7-2-8-19-42)60-57(62-58)43-20-9-3-10-21-43/h1-37H. The molecule has 0 saturated carbocycles. The van der Waals surface area contributed by atoms with Crippen LogP contribution in [0.15, 0.2) is 224 Å². The number of fused-ring (bicyclic) bond motifs is 6. The van der Waals surface area contributed by atoms with Crippen LogP contribution in [0.3, 0.4) is 0 Å². The lowest BCUT2D eigenvalue weighted by molar-refractivity contribution is 1.07. The van der Waals surface area contributed by atoms with Crippen LogP contribution in [-0.2, 0) is 0 Å². The van der Waals surface area contributed by atoms with Crippen molar-refractivity contribution in [3.63, 3.8) is 0 Å². The summed E-state index contributed by atoms with van der Waals surface area (Å²) in [6.07, 6.45) is 0. The summed E-state index contributed by atoms with van der Waals surface area (Å²) in [5.74, 6) is 1.94. The number of hydrogen-bond donors (Lipinski definition) is 0. The van der Waals surface area contributed by atoms with E-state index in [2.05, 4.69) is 168 Å². The Kier molecular flexibility index (Phi) is 8.75. The highest BCUT2D eigenvalue weighted by atomic mass is 15.0. The molecular formula is C58H37N5. The molecule has 5 heteroatoms. The van der Waals surface area contributed by atoms with Crippen molar-refractivity contribution >= 4 is 43.5 Å². The van der Waals surface area contributed by atoms with Crippen molar-refractivity contribution in [3.8, 4) is 73.4 Å². The average molecular weight is 804 g/mol. The molecule has 3 heterocycles. The molecule has 0 radical (unpaired) electrons. The topological polar surface area (TPSA) is 56.5 Å². The Morgan fingerprint density at radius 1 is 0.286 bits per heavy atom.